The van der Waals surface area contributed by atoms with Gasteiger partial charge in [-0.15, -0.1) is 0 Å². The quantitative estimate of drug-likeness (QED) is 0.239. The number of anilines is 1. The fourth-order valence-corrected chi connectivity index (χ4v) is 10.3. The van der Waals surface area contributed by atoms with E-state index in [1.54, 1.807) is 13.2 Å². The van der Waals surface area contributed by atoms with Crippen LogP contribution in [0.1, 0.15) is 79.0 Å². The molecule has 11 heteroatoms. The van der Waals surface area contributed by atoms with E-state index in [4.69, 9.17) is 25.5 Å². The Labute approximate surface area is 300 Å². The first kappa shape index (κ1) is 35.1. The fourth-order valence-electron chi connectivity index (χ4n) is 8.67. The maximum atomic E-state index is 13.9. The Balaban J connectivity index is 1.33. The predicted molar refractivity (Wildman–Crippen MR) is 197 cm³/mol. The second-order valence-corrected chi connectivity index (χ2v) is 17.8. The molecule has 7 rings (SSSR count). The first-order valence-electron chi connectivity index (χ1n) is 17.7. The molecule has 0 radical (unpaired) electrons. The van der Waals surface area contributed by atoms with E-state index in [-0.39, 0.29) is 29.8 Å². The van der Waals surface area contributed by atoms with Gasteiger partial charge >= 0.3 is 0 Å². The molecule has 1 spiro atoms. The van der Waals surface area contributed by atoms with Gasteiger partial charge in [0.2, 0.25) is 0 Å². The number of aliphatic hydroxyl groups is 1. The molecule has 7 atom stereocenters. The summed E-state index contributed by atoms with van der Waals surface area (Å²) in [7, 11) is -1.25. The van der Waals surface area contributed by atoms with Crippen molar-refractivity contribution in [2.45, 2.75) is 81.7 Å². The number of allylic oxidation sites excluding steroid dienone is 1. The maximum absolute atomic E-state index is 13.9. The Morgan fingerprint density at radius 3 is 2.80 bits per heavy atom. The van der Waals surface area contributed by atoms with Crippen molar-refractivity contribution in [3.05, 3.63) is 88.1 Å². The smallest absolute Gasteiger partial charge is 0.262 e. The number of aryl methyl sites for hydroxylation is 1. The molecule has 3 aromatic rings. The van der Waals surface area contributed by atoms with Gasteiger partial charge in [-0.05, 0) is 111 Å². The molecule has 1 saturated carbocycles. The highest BCUT2D eigenvalue weighted by atomic mass is 35.5. The molecule has 0 saturated heterocycles. The van der Waals surface area contributed by atoms with Crippen LogP contribution in [0.2, 0.25) is 5.02 Å². The van der Waals surface area contributed by atoms with E-state index in [2.05, 4.69) is 44.8 Å². The van der Waals surface area contributed by atoms with E-state index >= 15 is 0 Å². The lowest BCUT2D eigenvalue weighted by Crippen LogP contribution is -2.54. The van der Waals surface area contributed by atoms with Crippen LogP contribution in [0.25, 0.3) is 0 Å². The van der Waals surface area contributed by atoms with Crippen LogP contribution in [0.5, 0.6) is 5.75 Å². The monoisotopic (exact) mass is 721 g/mol. The molecule has 4 aliphatic rings. The van der Waals surface area contributed by atoms with E-state index in [9.17, 15) is 14.1 Å². The molecule has 2 aromatic carbocycles. The molecule has 9 nitrogen and oxygen atoms in total. The highest BCUT2D eigenvalue weighted by molar-refractivity contribution is 7.99. The number of carbonyl (C=O) groups excluding carboxylic acids is 1. The molecular formula is C39H48ClN3O6S. The Morgan fingerprint density at radius 1 is 1.22 bits per heavy atom. The minimum Gasteiger partial charge on any atom is -0.490 e. The SMILES string of the molecule is C=S1(=O)NC(=O)c2ccc3c(c2)N(C[C@@H]2CC[C@H]2[C@@](Cc2nc(CO)co2)(OC)/C=C/C[C@H](C)[C@H]1C)C[C@@]1(CCCc2cc(Cl)ccc21)CO3. The number of halogens is 1. The Kier molecular flexibility index (Phi) is 9.60. The number of oxazole rings is 1. The minimum atomic E-state index is -3.00. The van der Waals surface area contributed by atoms with Crippen LogP contribution in [0.15, 0.2) is 59.2 Å². The number of carbonyl (C=O) groups is 1. The van der Waals surface area contributed by atoms with Crippen LogP contribution in [-0.4, -0.2) is 63.7 Å². The summed E-state index contributed by atoms with van der Waals surface area (Å²) in [5, 5.41) is 10.0. The zero-order valence-electron chi connectivity index (χ0n) is 29.2. The van der Waals surface area contributed by atoms with E-state index in [0.717, 1.165) is 55.1 Å². The van der Waals surface area contributed by atoms with Crippen molar-refractivity contribution in [2.24, 2.45) is 17.8 Å². The molecule has 2 N–H and O–H groups in total. The lowest BCUT2D eigenvalue weighted by Gasteiger charge is -2.50. The van der Waals surface area contributed by atoms with Crippen molar-refractivity contribution in [3.63, 3.8) is 0 Å². The third-order valence-electron chi connectivity index (χ3n) is 11.9. The van der Waals surface area contributed by atoms with Gasteiger partial charge in [0, 0.05) is 41.5 Å². The minimum absolute atomic E-state index is 0.0423. The molecule has 50 heavy (non-hydrogen) atoms. The van der Waals surface area contributed by atoms with E-state index in [0.29, 0.717) is 43.1 Å². The first-order chi connectivity index (χ1) is 24.0. The summed E-state index contributed by atoms with van der Waals surface area (Å²) < 4.78 is 35.7. The number of nitrogens with one attached hydrogen (secondary N) is 1. The molecule has 2 aliphatic carbocycles. The number of methoxy groups -OCH3 is 1. The topological polar surface area (TPSA) is 114 Å². The number of rotatable bonds is 4. The van der Waals surface area contributed by atoms with E-state index in [1.165, 1.54) is 17.4 Å². The molecule has 3 heterocycles. The lowest BCUT2D eigenvalue weighted by molar-refractivity contribution is -0.0776. The number of benzene rings is 2. The van der Waals surface area contributed by atoms with Gasteiger partial charge in [0.25, 0.3) is 5.91 Å². The number of ether oxygens (including phenoxy) is 2. The summed E-state index contributed by atoms with van der Waals surface area (Å²) in [6.07, 6.45) is 11.7. The average Bonchev–Trinajstić information content (AvgIpc) is 3.48. The predicted octanol–water partition coefficient (Wildman–Crippen LogP) is 6.29. The molecule has 1 fully saturated rings. The summed E-state index contributed by atoms with van der Waals surface area (Å²) >= 11 is 6.48. The van der Waals surface area contributed by atoms with Gasteiger partial charge in [0.05, 0.1) is 40.6 Å². The largest absolute Gasteiger partial charge is 0.490 e. The molecule has 2 bridgehead atoms. The van der Waals surface area contributed by atoms with Crippen molar-refractivity contribution in [1.82, 2.24) is 9.71 Å². The average molecular weight is 722 g/mol. The third kappa shape index (κ3) is 6.49. The van der Waals surface area contributed by atoms with Crippen molar-refractivity contribution in [2.75, 3.05) is 31.7 Å². The zero-order chi connectivity index (χ0) is 35.3. The van der Waals surface area contributed by atoms with Crippen LogP contribution in [0, 0.1) is 17.8 Å². The second kappa shape index (κ2) is 13.7. The van der Waals surface area contributed by atoms with Gasteiger partial charge in [0.15, 0.2) is 5.89 Å². The standard InChI is InChI=1S/C39H48ClN3O6S/c1-25-7-5-16-39(47-3,19-36-41-31(21-44)22-48-36)33-12-9-29(33)20-43-23-38(15-6-8-27-17-30(40)11-13-32(27)38)24-49-35-14-10-28(18-34(35)43)37(45)42-50(4,46)26(25)2/h5,10-11,13-14,16-18,22,25-26,29,33,44H,4,6-9,12,15,19-21,23-24H2,1-3H3,(H,42,45,46)/b16-5+/t25-,26+,29-,33+,38-,39+,50?/m0/s1. The summed E-state index contributed by atoms with van der Waals surface area (Å²) in [6.45, 7) is 5.66. The first-order valence-corrected chi connectivity index (χ1v) is 19.9. The van der Waals surface area contributed by atoms with Crippen molar-refractivity contribution < 1.29 is 28.0 Å². The molecule has 268 valence electrons. The lowest BCUT2D eigenvalue weighted by atomic mass is 9.63. The highest BCUT2D eigenvalue weighted by Gasteiger charge is 2.50. The van der Waals surface area contributed by atoms with Crippen LogP contribution in [0.4, 0.5) is 5.69 Å². The summed E-state index contributed by atoms with van der Waals surface area (Å²) in [6, 6.07) is 11.8. The number of amides is 1. The van der Waals surface area contributed by atoms with Gasteiger partial charge in [-0.1, -0.05) is 36.7 Å². The Hall–Kier alpha value is -3.31. The van der Waals surface area contributed by atoms with E-state index < -0.39 is 26.5 Å². The Bertz CT molecular complexity index is 1890. The number of fused-ring (bicyclic) bond motifs is 4. The highest BCUT2D eigenvalue weighted by Crippen LogP contribution is 2.49. The van der Waals surface area contributed by atoms with Gasteiger partial charge in [-0.25, -0.2) is 9.19 Å². The molecule has 1 aromatic heterocycles. The molecule has 1 amide bonds. The fraction of sp³-hybridized carbons (Fsp3) is 0.513. The molecule has 2 aliphatic heterocycles. The van der Waals surface area contributed by atoms with Crippen molar-refractivity contribution in [3.8, 4) is 5.75 Å². The number of aliphatic hydroxyl groups excluding tert-OH is 1. The Morgan fingerprint density at radius 2 is 2.06 bits per heavy atom. The van der Waals surface area contributed by atoms with Gasteiger partial charge in [-0.3, -0.25) is 9.52 Å². The molecular weight excluding hydrogens is 674 g/mol. The van der Waals surface area contributed by atoms with E-state index in [1.807, 2.05) is 32.0 Å². The molecule has 1 unspecified atom stereocenters. The summed E-state index contributed by atoms with van der Waals surface area (Å²) in [5.74, 6) is 5.20. The van der Waals surface area contributed by atoms with Crippen LogP contribution in [0.3, 0.4) is 0 Å². The van der Waals surface area contributed by atoms with Crippen molar-refractivity contribution >= 4 is 38.8 Å². The number of hydrogen-bond donors (Lipinski definition) is 2. The zero-order valence-corrected chi connectivity index (χ0v) is 30.7. The number of nitrogens with zero attached hydrogens (tertiary/aromatic N) is 2. The van der Waals surface area contributed by atoms with Gasteiger partial charge in [-0.2, -0.15) is 0 Å². The van der Waals surface area contributed by atoms with Crippen molar-refractivity contribution in [1.29, 1.82) is 0 Å². The van der Waals surface area contributed by atoms with Crippen LogP contribution in [-0.2, 0) is 39.3 Å². The third-order valence-corrected chi connectivity index (χ3v) is 14.4. The normalized spacial score (nSPS) is 33.3. The second-order valence-electron chi connectivity index (χ2n) is 14.9. The van der Waals surface area contributed by atoms with Crippen LogP contribution >= 0.6 is 11.6 Å². The van der Waals surface area contributed by atoms with Gasteiger partial charge < -0.3 is 23.9 Å². The number of hydrogen-bond acceptors (Lipinski definition) is 8. The summed E-state index contributed by atoms with van der Waals surface area (Å²) in [5.41, 5.74) is 3.30. The maximum Gasteiger partial charge on any atom is 0.262 e. The summed E-state index contributed by atoms with van der Waals surface area (Å²) in [4.78, 5) is 20.7. The van der Waals surface area contributed by atoms with Gasteiger partial charge in [0.1, 0.15) is 17.7 Å². The van der Waals surface area contributed by atoms with Crippen LogP contribution < -0.4 is 14.4 Å². The number of aromatic nitrogens is 1.